The number of nitrogens with one attached hydrogen (secondary N) is 1. The predicted octanol–water partition coefficient (Wildman–Crippen LogP) is 4.46. The number of esters is 1. The topological polar surface area (TPSA) is 38.3 Å². The van der Waals surface area contributed by atoms with Crippen LogP contribution < -0.4 is 5.32 Å². The van der Waals surface area contributed by atoms with Crippen LogP contribution in [0.4, 0.5) is 8.78 Å². The molecular weight excluding hydrogens is 324 g/mol. The molecule has 134 valence electrons. The third kappa shape index (κ3) is 4.23. The van der Waals surface area contributed by atoms with Crippen LogP contribution in [0.5, 0.6) is 0 Å². The van der Waals surface area contributed by atoms with Crippen molar-refractivity contribution in [2.45, 2.75) is 33.2 Å². The maximum Gasteiger partial charge on any atom is 0.307 e. The van der Waals surface area contributed by atoms with E-state index in [0.29, 0.717) is 5.56 Å². The highest BCUT2D eigenvalue weighted by Crippen LogP contribution is 2.32. The first-order valence-electron chi connectivity index (χ1n) is 8.27. The van der Waals surface area contributed by atoms with E-state index in [9.17, 15) is 13.6 Å². The quantitative estimate of drug-likeness (QED) is 0.784. The van der Waals surface area contributed by atoms with Crippen molar-refractivity contribution in [3.63, 3.8) is 0 Å². The Morgan fingerprint density at radius 1 is 1.20 bits per heavy atom. The Kier molecular flexibility index (Phi) is 6.26. The SMILES string of the molecule is CCOC(=O)C[C@H](NC)c1cc(-c2c(C)cccc2C)cc(F)c1F. The summed E-state index contributed by atoms with van der Waals surface area (Å²) in [5.41, 5.74) is 3.53. The maximum absolute atomic E-state index is 14.4. The first-order chi connectivity index (χ1) is 11.9. The first kappa shape index (κ1) is 19.1. The lowest BCUT2D eigenvalue weighted by Crippen LogP contribution is -2.22. The first-order valence-corrected chi connectivity index (χ1v) is 8.27. The number of hydrogen-bond acceptors (Lipinski definition) is 3. The van der Waals surface area contributed by atoms with Gasteiger partial charge in [-0.1, -0.05) is 18.2 Å². The molecule has 2 aromatic rings. The van der Waals surface area contributed by atoms with Crippen LogP contribution in [0.15, 0.2) is 30.3 Å². The van der Waals surface area contributed by atoms with Crippen LogP contribution in [-0.4, -0.2) is 19.6 Å². The van der Waals surface area contributed by atoms with Crippen molar-refractivity contribution < 1.29 is 18.3 Å². The van der Waals surface area contributed by atoms with Crippen molar-refractivity contribution >= 4 is 5.97 Å². The van der Waals surface area contributed by atoms with Gasteiger partial charge in [-0.05, 0) is 62.2 Å². The molecule has 0 radical (unpaired) electrons. The smallest absolute Gasteiger partial charge is 0.307 e. The standard InChI is InChI=1S/C20H23F2NO2/c1-5-25-18(24)11-17(23-4)15-9-14(10-16(21)20(15)22)19-12(2)7-6-8-13(19)3/h6-10,17,23H,5,11H2,1-4H3/t17-/m0/s1. The molecule has 2 aromatic carbocycles. The molecule has 0 aromatic heterocycles. The molecule has 0 unspecified atom stereocenters. The Labute approximate surface area is 147 Å². The van der Waals surface area contributed by atoms with Gasteiger partial charge in [-0.2, -0.15) is 0 Å². The van der Waals surface area contributed by atoms with E-state index < -0.39 is 23.6 Å². The van der Waals surface area contributed by atoms with Crippen LogP contribution in [0.3, 0.4) is 0 Å². The molecule has 0 amide bonds. The number of halogens is 2. The van der Waals surface area contributed by atoms with Gasteiger partial charge in [-0.25, -0.2) is 8.78 Å². The highest BCUT2D eigenvalue weighted by molar-refractivity contribution is 5.73. The second kappa shape index (κ2) is 8.21. The number of aryl methyl sites for hydroxylation is 2. The molecule has 25 heavy (non-hydrogen) atoms. The fourth-order valence-corrected chi connectivity index (χ4v) is 3.03. The molecule has 1 N–H and O–H groups in total. The van der Waals surface area contributed by atoms with E-state index in [1.165, 1.54) is 6.07 Å². The lowest BCUT2D eigenvalue weighted by molar-refractivity contribution is -0.143. The van der Waals surface area contributed by atoms with Gasteiger partial charge in [0.2, 0.25) is 0 Å². The lowest BCUT2D eigenvalue weighted by atomic mass is 9.92. The Balaban J connectivity index is 2.52. The van der Waals surface area contributed by atoms with Crippen LogP contribution in [0, 0.1) is 25.5 Å². The zero-order chi connectivity index (χ0) is 18.6. The van der Waals surface area contributed by atoms with Gasteiger partial charge in [0.15, 0.2) is 11.6 Å². The highest BCUT2D eigenvalue weighted by atomic mass is 19.2. The summed E-state index contributed by atoms with van der Waals surface area (Å²) < 4.78 is 33.6. The van der Waals surface area contributed by atoms with Crippen molar-refractivity contribution in [2.24, 2.45) is 0 Å². The van der Waals surface area contributed by atoms with Gasteiger partial charge in [0, 0.05) is 11.6 Å². The minimum atomic E-state index is -0.946. The number of benzene rings is 2. The van der Waals surface area contributed by atoms with E-state index in [-0.39, 0.29) is 18.6 Å². The molecule has 0 spiro atoms. The lowest BCUT2D eigenvalue weighted by Gasteiger charge is -2.19. The van der Waals surface area contributed by atoms with E-state index in [2.05, 4.69) is 5.32 Å². The zero-order valence-corrected chi connectivity index (χ0v) is 15.0. The van der Waals surface area contributed by atoms with Gasteiger partial charge >= 0.3 is 5.97 Å². The van der Waals surface area contributed by atoms with E-state index in [0.717, 1.165) is 16.7 Å². The van der Waals surface area contributed by atoms with Gasteiger partial charge in [0.05, 0.1) is 13.0 Å². The summed E-state index contributed by atoms with van der Waals surface area (Å²) in [6, 6.07) is 7.92. The molecule has 0 aliphatic carbocycles. The van der Waals surface area contributed by atoms with Gasteiger partial charge < -0.3 is 10.1 Å². The Hall–Kier alpha value is -2.27. The molecule has 0 aliphatic heterocycles. The highest BCUT2D eigenvalue weighted by Gasteiger charge is 2.22. The summed E-state index contributed by atoms with van der Waals surface area (Å²) in [6.45, 7) is 5.80. The molecule has 1 atom stereocenters. The minimum Gasteiger partial charge on any atom is -0.466 e. The molecule has 0 saturated carbocycles. The molecular formula is C20H23F2NO2. The summed E-state index contributed by atoms with van der Waals surface area (Å²) in [7, 11) is 1.60. The molecule has 0 fully saturated rings. The van der Waals surface area contributed by atoms with Crippen LogP contribution in [0.25, 0.3) is 11.1 Å². The molecule has 0 bridgehead atoms. The third-order valence-corrected chi connectivity index (χ3v) is 4.23. The van der Waals surface area contributed by atoms with Crippen LogP contribution in [0.1, 0.15) is 36.1 Å². The summed E-state index contributed by atoms with van der Waals surface area (Å²) in [5.74, 6) is -2.34. The summed E-state index contributed by atoms with van der Waals surface area (Å²) >= 11 is 0. The monoisotopic (exact) mass is 347 g/mol. The molecule has 2 rings (SSSR count). The summed E-state index contributed by atoms with van der Waals surface area (Å²) in [5, 5.41) is 2.88. The number of ether oxygens (including phenoxy) is 1. The van der Waals surface area contributed by atoms with E-state index in [1.807, 2.05) is 32.0 Å². The third-order valence-electron chi connectivity index (χ3n) is 4.23. The van der Waals surface area contributed by atoms with Gasteiger partial charge in [-0.15, -0.1) is 0 Å². The molecule has 5 heteroatoms. The second-order valence-corrected chi connectivity index (χ2v) is 5.98. The second-order valence-electron chi connectivity index (χ2n) is 5.98. The predicted molar refractivity (Wildman–Crippen MR) is 94.3 cm³/mol. The summed E-state index contributed by atoms with van der Waals surface area (Å²) in [4.78, 5) is 11.8. The van der Waals surface area contributed by atoms with Gasteiger partial charge in [-0.3, -0.25) is 4.79 Å². The van der Waals surface area contributed by atoms with Crippen LogP contribution >= 0.6 is 0 Å². The fraction of sp³-hybridized carbons (Fsp3) is 0.350. The van der Waals surface area contributed by atoms with Crippen LogP contribution in [-0.2, 0) is 9.53 Å². The van der Waals surface area contributed by atoms with Crippen molar-refractivity contribution in [1.29, 1.82) is 0 Å². The number of carbonyl (C=O) groups excluding carboxylic acids is 1. The molecule has 0 aliphatic rings. The Morgan fingerprint density at radius 3 is 2.40 bits per heavy atom. The van der Waals surface area contributed by atoms with Crippen molar-refractivity contribution in [3.8, 4) is 11.1 Å². The van der Waals surface area contributed by atoms with E-state index in [1.54, 1.807) is 20.0 Å². The van der Waals surface area contributed by atoms with Gasteiger partial charge in [0.25, 0.3) is 0 Å². The largest absolute Gasteiger partial charge is 0.466 e. The molecule has 0 saturated heterocycles. The number of carbonyl (C=O) groups is 1. The number of hydrogen-bond donors (Lipinski definition) is 1. The average molecular weight is 347 g/mol. The maximum atomic E-state index is 14.4. The Bertz CT molecular complexity index is 754. The van der Waals surface area contributed by atoms with Crippen LogP contribution in [0.2, 0.25) is 0 Å². The van der Waals surface area contributed by atoms with Gasteiger partial charge in [0.1, 0.15) is 0 Å². The van der Waals surface area contributed by atoms with Crippen molar-refractivity contribution in [2.75, 3.05) is 13.7 Å². The van der Waals surface area contributed by atoms with E-state index >= 15 is 0 Å². The zero-order valence-electron chi connectivity index (χ0n) is 15.0. The number of rotatable bonds is 6. The van der Waals surface area contributed by atoms with Crippen molar-refractivity contribution in [3.05, 3.63) is 58.7 Å². The summed E-state index contributed by atoms with van der Waals surface area (Å²) in [6.07, 6.45) is -0.0725. The minimum absolute atomic E-state index is 0.0725. The normalized spacial score (nSPS) is 12.1. The Morgan fingerprint density at radius 2 is 1.84 bits per heavy atom. The van der Waals surface area contributed by atoms with E-state index in [4.69, 9.17) is 4.74 Å². The average Bonchev–Trinajstić information content (AvgIpc) is 2.56. The molecule has 0 heterocycles. The van der Waals surface area contributed by atoms with Crippen molar-refractivity contribution in [1.82, 2.24) is 5.32 Å². The fourth-order valence-electron chi connectivity index (χ4n) is 3.03. The molecule has 3 nitrogen and oxygen atoms in total.